The van der Waals surface area contributed by atoms with Gasteiger partial charge in [0.1, 0.15) is 11.5 Å². The third-order valence-electron chi connectivity index (χ3n) is 2.45. The Morgan fingerprint density at radius 2 is 1.68 bits per heavy atom. The van der Waals surface area contributed by atoms with Gasteiger partial charge in [0, 0.05) is 0 Å². The highest BCUT2D eigenvalue weighted by molar-refractivity contribution is 6.45. The maximum atomic E-state index is 11.2. The first kappa shape index (κ1) is 12.6. The minimum absolute atomic E-state index is 0.244. The summed E-state index contributed by atoms with van der Waals surface area (Å²) in [7, 11) is 0. The molecule has 2 aromatic carbocycles. The predicted octanol–water partition coefficient (Wildman–Crippen LogP) is 2.14. The van der Waals surface area contributed by atoms with E-state index in [1.807, 2.05) is 18.2 Å². The van der Waals surface area contributed by atoms with Crippen LogP contribution in [0.2, 0.25) is 0 Å². The molecule has 1 amide bonds. The monoisotopic (exact) mass is 256 g/mol. The highest BCUT2D eigenvalue weighted by Gasteiger charge is 2.16. The number of ether oxygens (including phenoxy) is 1. The molecule has 2 aromatic rings. The van der Waals surface area contributed by atoms with Gasteiger partial charge in [0.05, 0.1) is 5.56 Å². The third-order valence-corrected chi connectivity index (χ3v) is 2.45. The molecule has 0 saturated carbocycles. The van der Waals surface area contributed by atoms with E-state index in [9.17, 15) is 4.79 Å². The zero-order valence-corrected chi connectivity index (χ0v) is 9.98. The van der Waals surface area contributed by atoms with Gasteiger partial charge in [-0.1, -0.05) is 35.5 Å². The number of oxime groups is 1. The molecule has 0 aliphatic carbocycles. The van der Waals surface area contributed by atoms with E-state index in [1.165, 1.54) is 0 Å². The van der Waals surface area contributed by atoms with Gasteiger partial charge in [0.15, 0.2) is 5.71 Å². The van der Waals surface area contributed by atoms with Crippen molar-refractivity contribution < 1.29 is 14.7 Å². The molecule has 5 nitrogen and oxygen atoms in total. The van der Waals surface area contributed by atoms with E-state index in [1.54, 1.807) is 36.4 Å². The van der Waals surface area contributed by atoms with Crippen LogP contribution in [0.15, 0.2) is 59.8 Å². The maximum Gasteiger partial charge on any atom is 0.271 e. The van der Waals surface area contributed by atoms with Gasteiger partial charge in [-0.15, -0.1) is 0 Å². The Labute approximate surface area is 109 Å². The van der Waals surface area contributed by atoms with Crippen molar-refractivity contribution in [2.24, 2.45) is 10.9 Å². The van der Waals surface area contributed by atoms with Crippen LogP contribution in [0.4, 0.5) is 0 Å². The standard InChI is InChI=1S/C14H12N2O3/c15-14(17)13(16-18)11-8-4-5-9-12(11)19-10-6-2-1-3-7-10/h1-9,18H,(H2,15,17). The summed E-state index contributed by atoms with van der Waals surface area (Å²) in [6.07, 6.45) is 0. The molecule has 0 aliphatic heterocycles. The minimum Gasteiger partial charge on any atom is -0.457 e. The molecule has 0 radical (unpaired) electrons. The lowest BCUT2D eigenvalue weighted by Crippen LogP contribution is -2.24. The van der Waals surface area contributed by atoms with Crippen LogP contribution in [0.1, 0.15) is 5.56 Å². The molecule has 0 unspecified atom stereocenters. The summed E-state index contributed by atoms with van der Waals surface area (Å²) < 4.78 is 5.64. The van der Waals surface area contributed by atoms with Gasteiger partial charge in [-0.25, -0.2) is 0 Å². The molecule has 0 aromatic heterocycles. The first-order valence-electron chi connectivity index (χ1n) is 5.56. The SMILES string of the molecule is NC(=O)C(=NO)c1ccccc1Oc1ccccc1. The van der Waals surface area contributed by atoms with Gasteiger partial charge in [-0.3, -0.25) is 4.79 Å². The third kappa shape index (κ3) is 2.90. The van der Waals surface area contributed by atoms with Gasteiger partial charge in [0.25, 0.3) is 5.91 Å². The molecule has 0 heterocycles. The number of hydrogen-bond acceptors (Lipinski definition) is 4. The molecular weight excluding hydrogens is 244 g/mol. The van der Waals surface area contributed by atoms with E-state index in [-0.39, 0.29) is 5.71 Å². The smallest absolute Gasteiger partial charge is 0.271 e. The molecule has 0 fully saturated rings. The fourth-order valence-electron chi connectivity index (χ4n) is 1.60. The van der Waals surface area contributed by atoms with E-state index in [2.05, 4.69) is 5.16 Å². The largest absolute Gasteiger partial charge is 0.457 e. The van der Waals surface area contributed by atoms with Gasteiger partial charge in [-0.2, -0.15) is 0 Å². The zero-order valence-electron chi connectivity index (χ0n) is 9.98. The van der Waals surface area contributed by atoms with Crippen molar-refractivity contribution in [2.45, 2.75) is 0 Å². The zero-order chi connectivity index (χ0) is 13.7. The number of nitrogens with two attached hydrogens (primary N) is 1. The minimum atomic E-state index is -0.827. The summed E-state index contributed by atoms with van der Waals surface area (Å²) in [6.45, 7) is 0. The summed E-state index contributed by atoms with van der Waals surface area (Å²) in [5, 5.41) is 11.8. The molecule has 0 saturated heterocycles. The van der Waals surface area contributed by atoms with Gasteiger partial charge >= 0.3 is 0 Å². The van der Waals surface area contributed by atoms with Gasteiger partial charge in [-0.05, 0) is 24.3 Å². The van der Waals surface area contributed by atoms with Crippen molar-refractivity contribution in [1.82, 2.24) is 0 Å². The number of amides is 1. The summed E-state index contributed by atoms with van der Waals surface area (Å²) in [5.41, 5.74) is 5.25. The maximum absolute atomic E-state index is 11.2. The van der Waals surface area contributed by atoms with E-state index >= 15 is 0 Å². The number of benzene rings is 2. The van der Waals surface area contributed by atoms with Crippen LogP contribution in [0.5, 0.6) is 11.5 Å². The van der Waals surface area contributed by atoms with Crippen molar-refractivity contribution >= 4 is 11.6 Å². The molecule has 2 rings (SSSR count). The normalized spacial score (nSPS) is 11.1. The van der Waals surface area contributed by atoms with Crippen LogP contribution in [0.25, 0.3) is 0 Å². The van der Waals surface area contributed by atoms with Crippen LogP contribution in [-0.4, -0.2) is 16.8 Å². The lowest BCUT2D eigenvalue weighted by molar-refractivity contribution is -0.112. The molecule has 0 atom stereocenters. The Balaban J connectivity index is 2.39. The number of carbonyl (C=O) groups excluding carboxylic acids is 1. The molecule has 0 aliphatic rings. The second kappa shape index (κ2) is 5.68. The molecular formula is C14H12N2O3. The Bertz CT molecular complexity index is 609. The average molecular weight is 256 g/mol. The fraction of sp³-hybridized carbons (Fsp3) is 0. The van der Waals surface area contributed by atoms with E-state index in [4.69, 9.17) is 15.7 Å². The summed E-state index contributed by atoms with van der Waals surface area (Å²) in [6, 6.07) is 15.8. The van der Waals surface area contributed by atoms with Crippen molar-refractivity contribution in [3.8, 4) is 11.5 Å². The Morgan fingerprint density at radius 1 is 1.05 bits per heavy atom. The Morgan fingerprint density at radius 3 is 2.32 bits per heavy atom. The van der Waals surface area contributed by atoms with Crippen LogP contribution < -0.4 is 10.5 Å². The second-order valence-electron chi connectivity index (χ2n) is 3.72. The Kier molecular flexibility index (Phi) is 3.78. The van der Waals surface area contributed by atoms with Crippen LogP contribution in [-0.2, 0) is 4.79 Å². The molecule has 5 heteroatoms. The van der Waals surface area contributed by atoms with Crippen molar-refractivity contribution in [3.63, 3.8) is 0 Å². The number of primary amides is 1. The number of rotatable bonds is 4. The molecule has 0 spiro atoms. The number of nitrogens with zero attached hydrogens (tertiary/aromatic N) is 1. The number of carbonyl (C=O) groups is 1. The first-order chi connectivity index (χ1) is 9.22. The molecule has 96 valence electrons. The average Bonchev–Trinajstić information content (AvgIpc) is 2.42. The second-order valence-corrected chi connectivity index (χ2v) is 3.72. The summed E-state index contributed by atoms with van der Waals surface area (Å²) in [5.74, 6) is 0.170. The lowest BCUT2D eigenvalue weighted by Gasteiger charge is -2.10. The van der Waals surface area contributed by atoms with Gasteiger partial charge < -0.3 is 15.7 Å². The Hall–Kier alpha value is -2.82. The van der Waals surface area contributed by atoms with Crippen molar-refractivity contribution in [3.05, 3.63) is 60.2 Å². The topological polar surface area (TPSA) is 84.9 Å². The quantitative estimate of drug-likeness (QED) is 0.499. The highest BCUT2D eigenvalue weighted by Crippen LogP contribution is 2.25. The van der Waals surface area contributed by atoms with E-state index in [0.29, 0.717) is 17.1 Å². The van der Waals surface area contributed by atoms with E-state index < -0.39 is 5.91 Å². The van der Waals surface area contributed by atoms with Gasteiger partial charge in [0.2, 0.25) is 0 Å². The fourth-order valence-corrected chi connectivity index (χ4v) is 1.60. The van der Waals surface area contributed by atoms with Crippen LogP contribution >= 0.6 is 0 Å². The first-order valence-corrected chi connectivity index (χ1v) is 5.56. The molecule has 19 heavy (non-hydrogen) atoms. The van der Waals surface area contributed by atoms with Crippen molar-refractivity contribution in [2.75, 3.05) is 0 Å². The van der Waals surface area contributed by atoms with E-state index in [0.717, 1.165) is 0 Å². The number of hydrogen-bond donors (Lipinski definition) is 2. The predicted molar refractivity (Wildman–Crippen MR) is 70.5 cm³/mol. The van der Waals surface area contributed by atoms with Crippen LogP contribution in [0, 0.1) is 0 Å². The number of para-hydroxylation sites is 2. The van der Waals surface area contributed by atoms with Crippen molar-refractivity contribution in [1.29, 1.82) is 0 Å². The summed E-state index contributed by atoms with van der Waals surface area (Å²) in [4.78, 5) is 11.2. The van der Waals surface area contributed by atoms with Crippen LogP contribution in [0.3, 0.4) is 0 Å². The highest BCUT2D eigenvalue weighted by atomic mass is 16.5. The molecule has 3 N–H and O–H groups in total. The molecule has 0 bridgehead atoms. The summed E-state index contributed by atoms with van der Waals surface area (Å²) >= 11 is 0. The lowest BCUT2D eigenvalue weighted by atomic mass is 10.1.